The number of rotatable bonds is 7. The molecule has 0 bridgehead atoms. The monoisotopic (exact) mass is 391 g/mol. The SMILES string of the molecule is CCN(CC)CCOC(=O)C1(C2CCCCC2)CCCCC1.Cl.O=CO. The van der Waals surface area contributed by atoms with Crippen LogP contribution in [0, 0.1) is 11.3 Å². The van der Waals surface area contributed by atoms with Crippen molar-refractivity contribution in [2.75, 3.05) is 26.2 Å². The molecule has 0 atom stereocenters. The minimum Gasteiger partial charge on any atom is -0.483 e. The summed E-state index contributed by atoms with van der Waals surface area (Å²) in [7, 11) is 0. The molecule has 0 radical (unpaired) electrons. The Balaban J connectivity index is 0.00000146. The van der Waals surface area contributed by atoms with E-state index in [1.807, 2.05) is 0 Å². The first-order valence-corrected chi connectivity index (χ1v) is 10.1. The molecule has 0 amide bonds. The summed E-state index contributed by atoms with van der Waals surface area (Å²) in [5.41, 5.74) is -0.137. The van der Waals surface area contributed by atoms with Crippen molar-refractivity contribution in [2.45, 2.75) is 78.1 Å². The minimum absolute atomic E-state index is 0. The van der Waals surface area contributed by atoms with E-state index < -0.39 is 0 Å². The highest BCUT2D eigenvalue weighted by molar-refractivity contribution is 5.85. The second kappa shape index (κ2) is 14.3. The first-order valence-electron chi connectivity index (χ1n) is 10.1. The number of hydrogen-bond donors (Lipinski definition) is 1. The second-order valence-corrected chi connectivity index (χ2v) is 7.32. The average Bonchev–Trinajstić information content (AvgIpc) is 2.67. The third-order valence-corrected chi connectivity index (χ3v) is 6.07. The maximum absolute atomic E-state index is 12.9. The maximum Gasteiger partial charge on any atom is 0.312 e. The fourth-order valence-corrected chi connectivity index (χ4v) is 4.57. The van der Waals surface area contributed by atoms with E-state index >= 15 is 0 Å². The van der Waals surface area contributed by atoms with Gasteiger partial charge in [-0.3, -0.25) is 9.59 Å². The molecule has 2 aliphatic rings. The summed E-state index contributed by atoms with van der Waals surface area (Å²) in [5, 5.41) is 6.89. The van der Waals surface area contributed by atoms with Crippen LogP contribution in [-0.4, -0.2) is 48.7 Å². The first-order chi connectivity index (χ1) is 12.1. The van der Waals surface area contributed by atoms with Gasteiger partial charge in [0.05, 0.1) is 5.41 Å². The number of esters is 1. The Morgan fingerprint density at radius 3 is 2.08 bits per heavy atom. The van der Waals surface area contributed by atoms with Crippen LogP contribution in [0.3, 0.4) is 0 Å². The topological polar surface area (TPSA) is 66.8 Å². The van der Waals surface area contributed by atoms with Crippen LogP contribution in [0.1, 0.15) is 78.1 Å². The van der Waals surface area contributed by atoms with Crippen molar-refractivity contribution in [2.24, 2.45) is 11.3 Å². The van der Waals surface area contributed by atoms with E-state index in [-0.39, 0.29) is 30.3 Å². The van der Waals surface area contributed by atoms with Gasteiger partial charge in [0, 0.05) is 6.54 Å². The second-order valence-electron chi connectivity index (χ2n) is 7.32. The summed E-state index contributed by atoms with van der Waals surface area (Å²) >= 11 is 0. The zero-order valence-electron chi connectivity index (χ0n) is 16.6. The van der Waals surface area contributed by atoms with Gasteiger partial charge in [-0.1, -0.05) is 52.4 Å². The Kier molecular flexibility index (Phi) is 13.8. The molecule has 6 heteroatoms. The van der Waals surface area contributed by atoms with Crippen molar-refractivity contribution in [3.05, 3.63) is 0 Å². The van der Waals surface area contributed by atoms with Crippen molar-refractivity contribution in [1.29, 1.82) is 0 Å². The Morgan fingerprint density at radius 2 is 1.58 bits per heavy atom. The highest BCUT2D eigenvalue weighted by Gasteiger charge is 2.47. The molecule has 0 aromatic carbocycles. The molecule has 0 aromatic rings. The van der Waals surface area contributed by atoms with E-state index in [2.05, 4.69) is 18.7 Å². The van der Waals surface area contributed by atoms with Gasteiger partial charge in [0.15, 0.2) is 0 Å². The molecule has 2 rings (SSSR count). The lowest BCUT2D eigenvalue weighted by Crippen LogP contribution is -2.43. The molecule has 0 saturated heterocycles. The molecular weight excluding hydrogens is 354 g/mol. The van der Waals surface area contributed by atoms with Crippen molar-refractivity contribution in [1.82, 2.24) is 4.90 Å². The quantitative estimate of drug-likeness (QED) is 0.510. The average molecular weight is 392 g/mol. The van der Waals surface area contributed by atoms with Crippen LogP contribution in [0.25, 0.3) is 0 Å². The highest BCUT2D eigenvalue weighted by Crippen LogP contribution is 2.49. The standard InChI is InChI=1S/C19H35NO2.CH2O2.ClH/c1-3-20(4-2)15-16-22-18(21)19(13-9-6-10-14-19)17-11-7-5-8-12-17;2-1-3;/h17H,3-16H2,1-2H3;1H,(H,2,3);1H. The van der Waals surface area contributed by atoms with E-state index in [0.29, 0.717) is 12.5 Å². The summed E-state index contributed by atoms with van der Waals surface area (Å²) < 4.78 is 5.79. The smallest absolute Gasteiger partial charge is 0.312 e. The summed E-state index contributed by atoms with van der Waals surface area (Å²) in [6.07, 6.45) is 12.3. The highest BCUT2D eigenvalue weighted by atomic mass is 35.5. The fourth-order valence-electron chi connectivity index (χ4n) is 4.57. The van der Waals surface area contributed by atoms with Crippen LogP contribution < -0.4 is 0 Å². The van der Waals surface area contributed by atoms with Gasteiger partial charge in [0.25, 0.3) is 6.47 Å². The van der Waals surface area contributed by atoms with E-state index in [0.717, 1.165) is 32.5 Å². The number of carboxylic acid groups (broad SMARTS) is 1. The zero-order chi connectivity index (χ0) is 18.5. The van der Waals surface area contributed by atoms with E-state index in [9.17, 15) is 4.79 Å². The summed E-state index contributed by atoms with van der Waals surface area (Å²) in [5.74, 6) is 0.716. The molecule has 1 N–H and O–H groups in total. The first kappa shape index (κ1) is 25.2. The molecule has 0 unspecified atom stereocenters. The molecule has 0 heterocycles. The largest absolute Gasteiger partial charge is 0.483 e. The Bertz CT molecular complexity index is 376. The minimum atomic E-state index is -0.250. The summed E-state index contributed by atoms with van der Waals surface area (Å²) in [6, 6.07) is 0. The Hall–Kier alpha value is -0.810. The van der Waals surface area contributed by atoms with E-state index in [4.69, 9.17) is 14.6 Å². The van der Waals surface area contributed by atoms with Crippen molar-refractivity contribution in [3.63, 3.8) is 0 Å². The lowest BCUT2D eigenvalue weighted by Gasteiger charge is -2.43. The molecule has 0 spiro atoms. The number of hydrogen-bond acceptors (Lipinski definition) is 4. The van der Waals surface area contributed by atoms with Gasteiger partial charge in [0.2, 0.25) is 0 Å². The van der Waals surface area contributed by atoms with Crippen LogP contribution in [-0.2, 0) is 14.3 Å². The third-order valence-electron chi connectivity index (χ3n) is 6.07. The normalized spacial score (nSPS) is 19.7. The van der Waals surface area contributed by atoms with Crippen LogP contribution in [0.5, 0.6) is 0 Å². The number of nitrogens with zero attached hydrogens (tertiary/aromatic N) is 1. The van der Waals surface area contributed by atoms with Crippen LogP contribution >= 0.6 is 12.4 Å². The molecule has 0 aromatic heterocycles. The van der Waals surface area contributed by atoms with Crippen LogP contribution in [0.2, 0.25) is 0 Å². The molecule has 5 nitrogen and oxygen atoms in total. The van der Waals surface area contributed by atoms with Crippen molar-refractivity contribution >= 4 is 24.8 Å². The number of halogens is 1. The van der Waals surface area contributed by atoms with Gasteiger partial charge in [0.1, 0.15) is 6.61 Å². The zero-order valence-corrected chi connectivity index (χ0v) is 17.4. The molecule has 2 fully saturated rings. The van der Waals surface area contributed by atoms with Crippen molar-refractivity contribution in [3.8, 4) is 0 Å². The number of carbonyl (C=O) groups is 2. The Labute approximate surface area is 165 Å². The fraction of sp³-hybridized carbons (Fsp3) is 0.900. The number of carbonyl (C=O) groups excluding carboxylic acids is 1. The van der Waals surface area contributed by atoms with Crippen LogP contribution in [0.15, 0.2) is 0 Å². The number of ether oxygens (including phenoxy) is 1. The number of likely N-dealkylation sites (N-methyl/N-ethyl adjacent to an activating group) is 1. The van der Waals surface area contributed by atoms with E-state index in [1.54, 1.807) is 0 Å². The van der Waals surface area contributed by atoms with Crippen molar-refractivity contribution < 1.29 is 19.4 Å². The van der Waals surface area contributed by atoms with E-state index in [1.165, 1.54) is 51.4 Å². The summed E-state index contributed by atoms with van der Waals surface area (Å²) in [6.45, 7) is 7.57. The van der Waals surface area contributed by atoms with Gasteiger partial charge in [-0.25, -0.2) is 0 Å². The predicted molar refractivity (Wildman–Crippen MR) is 107 cm³/mol. The molecule has 0 aliphatic heterocycles. The lowest BCUT2D eigenvalue weighted by atomic mass is 9.62. The molecule has 2 saturated carbocycles. The summed E-state index contributed by atoms with van der Waals surface area (Å²) in [4.78, 5) is 23.6. The predicted octanol–water partition coefficient (Wildman–Crippen LogP) is 4.52. The molecule has 2 aliphatic carbocycles. The van der Waals surface area contributed by atoms with Gasteiger partial charge in [-0.05, 0) is 44.7 Å². The molecule has 154 valence electrons. The Morgan fingerprint density at radius 1 is 1.08 bits per heavy atom. The van der Waals surface area contributed by atoms with Gasteiger partial charge >= 0.3 is 5.97 Å². The van der Waals surface area contributed by atoms with Gasteiger partial charge in [-0.2, -0.15) is 0 Å². The van der Waals surface area contributed by atoms with Crippen LogP contribution in [0.4, 0.5) is 0 Å². The molecular formula is C20H38ClNO4. The molecule has 26 heavy (non-hydrogen) atoms. The lowest BCUT2D eigenvalue weighted by molar-refractivity contribution is -0.164. The van der Waals surface area contributed by atoms with Gasteiger partial charge in [-0.15, -0.1) is 12.4 Å². The third kappa shape index (κ3) is 7.43. The maximum atomic E-state index is 12.9. The van der Waals surface area contributed by atoms with Gasteiger partial charge < -0.3 is 14.7 Å².